The van der Waals surface area contributed by atoms with E-state index in [9.17, 15) is 4.79 Å². The quantitative estimate of drug-likeness (QED) is 0.738. The molecule has 1 aliphatic carbocycles. The minimum absolute atomic E-state index is 0.182. The van der Waals surface area contributed by atoms with Crippen molar-refractivity contribution in [2.45, 2.75) is 44.8 Å². The Balaban J connectivity index is 2.07. The van der Waals surface area contributed by atoms with Crippen LogP contribution in [0.1, 0.15) is 31.7 Å². The van der Waals surface area contributed by atoms with Gasteiger partial charge in [0.15, 0.2) is 0 Å². The molecule has 0 N–H and O–H groups in total. The van der Waals surface area contributed by atoms with E-state index in [0.29, 0.717) is 12.6 Å². The number of carbonyl (C=O) groups is 1. The summed E-state index contributed by atoms with van der Waals surface area (Å²) in [5.41, 5.74) is 1.03. The van der Waals surface area contributed by atoms with Gasteiger partial charge in [-0.05, 0) is 19.8 Å². The summed E-state index contributed by atoms with van der Waals surface area (Å²) in [6.07, 6.45) is 8.64. The fourth-order valence-corrected chi connectivity index (χ4v) is 2.23. The molecule has 1 atom stereocenters. The summed E-state index contributed by atoms with van der Waals surface area (Å²) in [6, 6.07) is 0.250. The predicted octanol–water partition coefficient (Wildman–Crippen LogP) is 1.39. The van der Waals surface area contributed by atoms with Gasteiger partial charge in [-0.25, -0.2) is 9.97 Å². The molecule has 98 valence electrons. The first-order valence-electron chi connectivity index (χ1n) is 6.30. The first-order chi connectivity index (χ1) is 8.72. The van der Waals surface area contributed by atoms with Crippen molar-refractivity contribution < 1.29 is 9.53 Å². The van der Waals surface area contributed by atoms with Crippen molar-refractivity contribution in [3.8, 4) is 0 Å². The molecule has 5 nitrogen and oxygen atoms in total. The van der Waals surface area contributed by atoms with Crippen LogP contribution in [-0.2, 0) is 16.1 Å². The van der Waals surface area contributed by atoms with E-state index < -0.39 is 0 Å². The van der Waals surface area contributed by atoms with Crippen molar-refractivity contribution in [2.75, 3.05) is 7.11 Å². The maximum atomic E-state index is 11.7. The molecule has 1 saturated carbocycles. The van der Waals surface area contributed by atoms with E-state index in [1.807, 2.05) is 6.92 Å². The SMILES string of the molecule is COC(=O)[C@@H](C)N(Cc1cncnc1)C1CCC1. The van der Waals surface area contributed by atoms with Crippen molar-refractivity contribution in [1.29, 1.82) is 0 Å². The van der Waals surface area contributed by atoms with Crippen LogP contribution in [0.5, 0.6) is 0 Å². The van der Waals surface area contributed by atoms with Gasteiger partial charge in [0.25, 0.3) is 0 Å². The number of nitrogens with zero attached hydrogens (tertiary/aromatic N) is 3. The van der Waals surface area contributed by atoms with Crippen molar-refractivity contribution in [3.63, 3.8) is 0 Å². The molecule has 0 amide bonds. The van der Waals surface area contributed by atoms with Gasteiger partial charge in [0.2, 0.25) is 0 Å². The van der Waals surface area contributed by atoms with Crippen LogP contribution in [0, 0.1) is 0 Å². The summed E-state index contributed by atoms with van der Waals surface area (Å²) in [4.78, 5) is 21.9. The Labute approximate surface area is 107 Å². The summed E-state index contributed by atoms with van der Waals surface area (Å²) in [7, 11) is 1.43. The van der Waals surface area contributed by atoms with Crippen molar-refractivity contribution in [3.05, 3.63) is 24.3 Å². The summed E-state index contributed by atoms with van der Waals surface area (Å²) in [6.45, 7) is 2.59. The first-order valence-corrected chi connectivity index (χ1v) is 6.30. The third-order valence-electron chi connectivity index (χ3n) is 3.56. The van der Waals surface area contributed by atoms with Crippen molar-refractivity contribution in [1.82, 2.24) is 14.9 Å². The fraction of sp³-hybridized carbons (Fsp3) is 0.615. The minimum atomic E-state index is -0.222. The number of rotatable bonds is 5. The molecule has 0 bridgehead atoms. The molecule has 0 spiro atoms. The number of ether oxygens (including phenoxy) is 1. The molecule has 0 radical (unpaired) electrons. The number of methoxy groups -OCH3 is 1. The maximum Gasteiger partial charge on any atom is 0.322 e. The molecule has 5 heteroatoms. The summed E-state index contributed by atoms with van der Waals surface area (Å²) in [5, 5.41) is 0. The molecule has 0 aromatic carbocycles. The van der Waals surface area contributed by atoms with E-state index in [4.69, 9.17) is 4.74 Å². The highest BCUT2D eigenvalue weighted by Crippen LogP contribution is 2.28. The zero-order valence-corrected chi connectivity index (χ0v) is 10.9. The van der Waals surface area contributed by atoms with E-state index in [1.54, 1.807) is 12.4 Å². The second-order valence-electron chi connectivity index (χ2n) is 4.70. The number of hydrogen-bond acceptors (Lipinski definition) is 5. The fourth-order valence-electron chi connectivity index (χ4n) is 2.23. The molecule has 2 rings (SSSR count). The Bertz CT molecular complexity index is 392. The van der Waals surface area contributed by atoms with Gasteiger partial charge in [-0.3, -0.25) is 9.69 Å². The normalized spacial score (nSPS) is 17.3. The van der Waals surface area contributed by atoms with Gasteiger partial charge in [0.05, 0.1) is 7.11 Å². The zero-order valence-electron chi connectivity index (χ0n) is 10.9. The van der Waals surface area contributed by atoms with E-state index >= 15 is 0 Å². The summed E-state index contributed by atoms with van der Waals surface area (Å²) in [5.74, 6) is -0.182. The highest BCUT2D eigenvalue weighted by Gasteiger charge is 2.32. The predicted molar refractivity (Wildman–Crippen MR) is 66.7 cm³/mol. The summed E-state index contributed by atoms with van der Waals surface area (Å²) < 4.78 is 4.84. The zero-order chi connectivity index (χ0) is 13.0. The highest BCUT2D eigenvalue weighted by atomic mass is 16.5. The van der Waals surface area contributed by atoms with Crippen LogP contribution in [0.4, 0.5) is 0 Å². The van der Waals surface area contributed by atoms with Crippen LogP contribution >= 0.6 is 0 Å². The van der Waals surface area contributed by atoms with Crippen LogP contribution in [-0.4, -0.2) is 40.0 Å². The van der Waals surface area contributed by atoms with E-state index in [2.05, 4.69) is 14.9 Å². The molecule has 18 heavy (non-hydrogen) atoms. The highest BCUT2D eigenvalue weighted by molar-refractivity contribution is 5.75. The molecule has 1 aromatic heterocycles. The molecule has 1 aromatic rings. The second kappa shape index (κ2) is 5.91. The van der Waals surface area contributed by atoms with E-state index in [-0.39, 0.29) is 12.0 Å². The molecule has 0 aliphatic heterocycles. The van der Waals surface area contributed by atoms with E-state index in [0.717, 1.165) is 18.4 Å². The standard InChI is InChI=1S/C13H19N3O2/c1-10(13(17)18-2)16(12-4-3-5-12)8-11-6-14-9-15-7-11/h6-7,9-10,12H,3-5,8H2,1-2H3/t10-/m1/s1. The average molecular weight is 249 g/mol. The van der Waals surface area contributed by atoms with Crippen LogP contribution in [0.25, 0.3) is 0 Å². The molecule has 1 heterocycles. The van der Waals surface area contributed by atoms with Crippen LogP contribution in [0.15, 0.2) is 18.7 Å². The largest absolute Gasteiger partial charge is 0.468 e. The maximum absolute atomic E-state index is 11.7. The van der Waals surface area contributed by atoms with Gasteiger partial charge in [-0.1, -0.05) is 6.42 Å². The van der Waals surface area contributed by atoms with Crippen molar-refractivity contribution in [2.24, 2.45) is 0 Å². The number of hydrogen-bond donors (Lipinski definition) is 0. The van der Waals surface area contributed by atoms with E-state index in [1.165, 1.54) is 19.9 Å². The monoisotopic (exact) mass is 249 g/mol. The lowest BCUT2D eigenvalue weighted by Gasteiger charge is -2.40. The molecular formula is C13H19N3O2. The van der Waals surface area contributed by atoms with Gasteiger partial charge >= 0.3 is 5.97 Å². The van der Waals surface area contributed by atoms with Gasteiger partial charge in [0.1, 0.15) is 12.4 Å². The topological polar surface area (TPSA) is 55.3 Å². The molecular weight excluding hydrogens is 230 g/mol. The van der Waals surface area contributed by atoms with Crippen molar-refractivity contribution >= 4 is 5.97 Å². The van der Waals surface area contributed by atoms with Crippen LogP contribution in [0.2, 0.25) is 0 Å². The number of aromatic nitrogens is 2. The Kier molecular flexibility index (Phi) is 4.25. The molecule has 1 fully saturated rings. The average Bonchev–Trinajstić information content (AvgIpc) is 2.35. The lowest BCUT2D eigenvalue weighted by molar-refractivity contribution is -0.148. The summed E-state index contributed by atoms with van der Waals surface area (Å²) >= 11 is 0. The Morgan fingerprint density at radius 2 is 2.17 bits per heavy atom. The van der Waals surface area contributed by atoms with Gasteiger partial charge in [0, 0.05) is 30.5 Å². The van der Waals surface area contributed by atoms with Gasteiger partial charge in [-0.15, -0.1) is 0 Å². The van der Waals surface area contributed by atoms with Crippen LogP contribution in [0.3, 0.4) is 0 Å². The Hall–Kier alpha value is -1.49. The Morgan fingerprint density at radius 1 is 1.50 bits per heavy atom. The third-order valence-corrected chi connectivity index (χ3v) is 3.56. The molecule has 0 saturated heterocycles. The lowest BCUT2D eigenvalue weighted by Crippen LogP contribution is -2.48. The number of carbonyl (C=O) groups excluding carboxylic acids is 1. The first kappa shape index (κ1) is 13.0. The number of esters is 1. The van der Waals surface area contributed by atoms with Gasteiger partial charge in [-0.2, -0.15) is 0 Å². The lowest BCUT2D eigenvalue weighted by atomic mass is 9.90. The Morgan fingerprint density at radius 3 is 2.67 bits per heavy atom. The molecule has 0 unspecified atom stereocenters. The smallest absolute Gasteiger partial charge is 0.322 e. The molecule has 1 aliphatic rings. The minimum Gasteiger partial charge on any atom is -0.468 e. The third kappa shape index (κ3) is 2.85. The second-order valence-corrected chi connectivity index (χ2v) is 4.70. The van der Waals surface area contributed by atoms with Gasteiger partial charge < -0.3 is 4.74 Å². The van der Waals surface area contributed by atoms with Crippen LogP contribution < -0.4 is 0 Å².